The zero-order chi connectivity index (χ0) is 10.6. The van der Waals surface area contributed by atoms with Gasteiger partial charge in [0.25, 0.3) is 5.69 Å². The van der Waals surface area contributed by atoms with Gasteiger partial charge in [-0.15, -0.1) is 0 Å². The number of hydrogen-bond donors (Lipinski definition) is 0. The monoisotopic (exact) mass is 253 g/mol. The molecule has 0 fully saturated rings. The normalized spacial score (nSPS) is 8.64. The molecular weight excluding hydrogens is 250 g/mol. The summed E-state index contributed by atoms with van der Waals surface area (Å²) in [4.78, 5) is 20.0. The molecule has 0 spiro atoms. The smallest absolute Gasteiger partial charge is 0.286 e. The average molecular weight is 254 g/mol. The number of hydrogen-bond acceptors (Lipinski definition) is 3. The predicted octanol–water partition coefficient (Wildman–Crippen LogP) is 1.91. The summed E-state index contributed by atoms with van der Waals surface area (Å²) in [5.74, 6) is 4.52. The lowest BCUT2D eigenvalue weighted by molar-refractivity contribution is -0.385. The molecule has 1 aromatic rings. The van der Waals surface area contributed by atoms with Gasteiger partial charge in [-0.05, 0) is 18.1 Å². The van der Waals surface area contributed by atoms with Gasteiger partial charge in [0, 0.05) is 10.5 Å². The maximum absolute atomic E-state index is 10.6. The fraction of sp³-hybridized carbons (Fsp3) is 0. The lowest BCUT2D eigenvalue weighted by Gasteiger charge is -1.95. The van der Waals surface area contributed by atoms with E-state index in [-0.39, 0.29) is 11.3 Å². The molecule has 0 saturated carbocycles. The van der Waals surface area contributed by atoms with Crippen LogP contribution in [0.15, 0.2) is 22.7 Å². The van der Waals surface area contributed by atoms with E-state index in [1.54, 1.807) is 6.07 Å². The first-order valence-corrected chi connectivity index (χ1v) is 4.33. The number of carbonyl (C=O) groups excluding carboxylic acids is 1. The highest BCUT2D eigenvalue weighted by atomic mass is 79.9. The van der Waals surface area contributed by atoms with Crippen molar-refractivity contribution in [1.82, 2.24) is 0 Å². The van der Waals surface area contributed by atoms with Gasteiger partial charge < -0.3 is 0 Å². The van der Waals surface area contributed by atoms with Crippen LogP contribution in [0.5, 0.6) is 0 Å². The van der Waals surface area contributed by atoms with E-state index >= 15 is 0 Å². The van der Waals surface area contributed by atoms with Crippen molar-refractivity contribution in [2.45, 2.75) is 0 Å². The Morgan fingerprint density at radius 1 is 1.50 bits per heavy atom. The number of nitro benzene ring substituents is 1. The Morgan fingerprint density at radius 3 is 2.79 bits per heavy atom. The molecule has 0 aliphatic heterocycles. The molecule has 0 heterocycles. The molecule has 0 bridgehead atoms. The highest BCUT2D eigenvalue weighted by Crippen LogP contribution is 2.22. The zero-order valence-corrected chi connectivity index (χ0v) is 8.45. The van der Waals surface area contributed by atoms with Gasteiger partial charge in [-0.2, -0.15) is 0 Å². The van der Waals surface area contributed by atoms with Gasteiger partial charge in [-0.3, -0.25) is 14.9 Å². The van der Waals surface area contributed by atoms with Gasteiger partial charge in [-0.1, -0.05) is 21.9 Å². The Kier molecular flexibility index (Phi) is 3.37. The first-order chi connectivity index (χ1) is 6.65. The minimum atomic E-state index is -0.542. The molecular formula is C9H4BrNO3. The van der Waals surface area contributed by atoms with Crippen LogP contribution < -0.4 is 0 Å². The summed E-state index contributed by atoms with van der Waals surface area (Å²) in [6.45, 7) is 0. The Bertz CT molecular complexity index is 445. The number of nitrogens with zero attached hydrogens (tertiary/aromatic N) is 1. The van der Waals surface area contributed by atoms with Gasteiger partial charge >= 0.3 is 0 Å². The number of carbonyl (C=O) groups is 1. The molecule has 0 aliphatic carbocycles. The molecule has 4 nitrogen and oxygen atoms in total. The third kappa shape index (κ3) is 2.41. The first-order valence-electron chi connectivity index (χ1n) is 3.54. The quantitative estimate of drug-likeness (QED) is 0.333. The third-order valence-corrected chi connectivity index (χ3v) is 1.92. The van der Waals surface area contributed by atoms with E-state index in [1.807, 2.05) is 0 Å². The molecule has 0 saturated heterocycles. The van der Waals surface area contributed by atoms with E-state index in [0.717, 1.165) is 0 Å². The molecule has 0 radical (unpaired) electrons. The molecule has 0 amide bonds. The van der Waals surface area contributed by atoms with Crippen molar-refractivity contribution in [3.63, 3.8) is 0 Å². The van der Waals surface area contributed by atoms with Crippen molar-refractivity contribution in [1.29, 1.82) is 0 Å². The van der Waals surface area contributed by atoms with Crippen LogP contribution in [0.3, 0.4) is 0 Å². The van der Waals surface area contributed by atoms with Gasteiger partial charge in [0.15, 0.2) is 6.29 Å². The second-order valence-electron chi connectivity index (χ2n) is 2.31. The Hall–Kier alpha value is -1.67. The first kappa shape index (κ1) is 10.4. The fourth-order valence-corrected chi connectivity index (χ4v) is 1.22. The third-order valence-electron chi connectivity index (χ3n) is 1.42. The average Bonchev–Trinajstić information content (AvgIpc) is 2.15. The molecule has 1 aromatic carbocycles. The van der Waals surface area contributed by atoms with E-state index in [9.17, 15) is 14.9 Å². The minimum absolute atomic E-state index is 0.117. The summed E-state index contributed by atoms with van der Waals surface area (Å²) >= 11 is 3.11. The Morgan fingerprint density at radius 2 is 2.21 bits per heavy atom. The molecule has 1 rings (SSSR count). The lowest BCUT2D eigenvalue weighted by Crippen LogP contribution is -1.91. The van der Waals surface area contributed by atoms with Gasteiger partial charge in [0.1, 0.15) is 5.56 Å². The molecule has 14 heavy (non-hydrogen) atoms. The van der Waals surface area contributed by atoms with Crippen LogP contribution in [0.4, 0.5) is 5.69 Å². The Balaban J connectivity index is 3.28. The van der Waals surface area contributed by atoms with Crippen LogP contribution in [-0.2, 0) is 4.79 Å². The molecule has 0 aliphatic rings. The molecule has 0 aromatic heterocycles. The van der Waals surface area contributed by atoms with Crippen molar-refractivity contribution in [3.8, 4) is 11.8 Å². The predicted molar refractivity (Wildman–Crippen MR) is 53.7 cm³/mol. The second kappa shape index (κ2) is 4.53. The summed E-state index contributed by atoms with van der Waals surface area (Å²) in [5, 5.41) is 10.6. The number of aldehydes is 1. The van der Waals surface area contributed by atoms with Crippen LogP contribution in [0, 0.1) is 22.0 Å². The van der Waals surface area contributed by atoms with E-state index < -0.39 is 4.92 Å². The number of benzene rings is 1. The van der Waals surface area contributed by atoms with E-state index in [1.165, 1.54) is 12.1 Å². The minimum Gasteiger partial charge on any atom is -0.289 e. The van der Waals surface area contributed by atoms with Crippen molar-refractivity contribution < 1.29 is 9.72 Å². The lowest BCUT2D eigenvalue weighted by atomic mass is 10.2. The number of rotatable bonds is 1. The van der Waals surface area contributed by atoms with Crippen molar-refractivity contribution in [2.24, 2.45) is 0 Å². The van der Waals surface area contributed by atoms with Crippen LogP contribution in [0.25, 0.3) is 0 Å². The number of halogens is 1. The molecule has 0 N–H and O–H groups in total. The zero-order valence-electron chi connectivity index (χ0n) is 6.86. The van der Waals surface area contributed by atoms with Crippen LogP contribution in [0.1, 0.15) is 5.56 Å². The van der Waals surface area contributed by atoms with Crippen LogP contribution in [-0.4, -0.2) is 11.2 Å². The largest absolute Gasteiger partial charge is 0.289 e. The molecule has 0 atom stereocenters. The molecule has 0 unspecified atom stereocenters. The fourth-order valence-electron chi connectivity index (χ4n) is 0.869. The number of nitro groups is 1. The van der Waals surface area contributed by atoms with Gasteiger partial charge in [-0.25, -0.2) is 0 Å². The summed E-state index contributed by atoms with van der Waals surface area (Å²) < 4.78 is 0.598. The van der Waals surface area contributed by atoms with Gasteiger partial charge in [0.2, 0.25) is 0 Å². The maximum atomic E-state index is 10.6. The summed E-state index contributed by atoms with van der Waals surface area (Å²) in [6.07, 6.45) is 0.395. The Labute approximate surface area is 88.2 Å². The molecule has 5 heteroatoms. The van der Waals surface area contributed by atoms with Gasteiger partial charge in [0.05, 0.1) is 4.92 Å². The SMILES string of the molecule is O=CC#Cc1ccc(Br)cc1[N+](=O)[O-]. The van der Waals surface area contributed by atoms with Crippen molar-refractivity contribution >= 4 is 27.9 Å². The topological polar surface area (TPSA) is 60.2 Å². The summed E-state index contributed by atoms with van der Waals surface area (Å²) in [6, 6.07) is 4.45. The van der Waals surface area contributed by atoms with Crippen molar-refractivity contribution in [2.75, 3.05) is 0 Å². The van der Waals surface area contributed by atoms with E-state index in [4.69, 9.17) is 0 Å². The standard InChI is InChI=1S/C9H4BrNO3/c10-8-4-3-7(2-1-5-12)9(6-8)11(13)14/h3-6H. The summed E-state index contributed by atoms with van der Waals surface area (Å²) in [7, 11) is 0. The van der Waals surface area contributed by atoms with Crippen LogP contribution in [0.2, 0.25) is 0 Å². The highest BCUT2D eigenvalue weighted by Gasteiger charge is 2.11. The highest BCUT2D eigenvalue weighted by molar-refractivity contribution is 9.10. The van der Waals surface area contributed by atoms with Crippen LogP contribution >= 0.6 is 15.9 Å². The second-order valence-corrected chi connectivity index (χ2v) is 3.22. The summed E-state index contributed by atoms with van der Waals surface area (Å²) in [5.41, 5.74) is 0.110. The van der Waals surface area contributed by atoms with E-state index in [2.05, 4.69) is 27.8 Å². The maximum Gasteiger partial charge on any atom is 0.286 e. The molecule has 70 valence electrons. The van der Waals surface area contributed by atoms with E-state index in [0.29, 0.717) is 10.8 Å². The van der Waals surface area contributed by atoms with Crippen molar-refractivity contribution in [3.05, 3.63) is 38.3 Å².